The monoisotopic (exact) mass is 517 g/mol. The van der Waals surface area contributed by atoms with Crippen LogP contribution in [0, 0.1) is 18.6 Å². The predicted molar refractivity (Wildman–Crippen MR) is 128 cm³/mol. The van der Waals surface area contributed by atoms with Crippen molar-refractivity contribution in [3.8, 4) is 5.75 Å². The second-order valence-corrected chi connectivity index (χ2v) is 9.41. The van der Waals surface area contributed by atoms with Crippen molar-refractivity contribution in [1.82, 2.24) is 4.90 Å². The molecule has 10 heteroatoms. The highest BCUT2D eigenvalue weighted by molar-refractivity contribution is 6.13. The van der Waals surface area contributed by atoms with Crippen LogP contribution in [0.15, 0.2) is 60.7 Å². The number of hydrogen-bond acceptors (Lipinski definition) is 4. The minimum atomic E-state index is -4.82. The number of halogens is 5. The van der Waals surface area contributed by atoms with E-state index in [4.69, 9.17) is 0 Å². The summed E-state index contributed by atoms with van der Waals surface area (Å²) in [7, 11) is 0. The predicted octanol–water partition coefficient (Wildman–Crippen LogP) is 6.24. The van der Waals surface area contributed by atoms with Gasteiger partial charge in [0.25, 0.3) is 5.91 Å². The van der Waals surface area contributed by atoms with Crippen LogP contribution in [0.5, 0.6) is 5.75 Å². The Morgan fingerprint density at radius 1 is 0.946 bits per heavy atom. The summed E-state index contributed by atoms with van der Waals surface area (Å²) in [5.74, 6) is -2.43. The number of nitrogens with zero attached hydrogens (tertiary/aromatic N) is 2. The SMILES string of the molecule is Cc1ccc2c(c1)NC1(CCN(Cc3ccc(F)c(F)c3)CC1)N(c1ccc(OC(F)(F)F)cc1)C2=O. The highest BCUT2D eigenvalue weighted by Crippen LogP contribution is 2.42. The number of nitrogens with one attached hydrogen (secondary N) is 1. The Bertz CT molecular complexity index is 1320. The van der Waals surface area contributed by atoms with E-state index in [1.54, 1.807) is 17.0 Å². The van der Waals surface area contributed by atoms with Crippen LogP contribution in [0.25, 0.3) is 0 Å². The summed E-state index contributed by atoms with van der Waals surface area (Å²) < 4.78 is 68.9. The Morgan fingerprint density at radius 2 is 1.65 bits per heavy atom. The smallest absolute Gasteiger partial charge is 0.406 e. The fourth-order valence-electron chi connectivity index (χ4n) is 5.06. The molecule has 3 aromatic rings. The van der Waals surface area contributed by atoms with E-state index >= 15 is 0 Å². The molecule has 5 rings (SSSR count). The number of carbonyl (C=O) groups excluding carboxylic acids is 1. The zero-order valence-electron chi connectivity index (χ0n) is 19.9. The zero-order chi connectivity index (χ0) is 26.4. The van der Waals surface area contributed by atoms with E-state index in [1.165, 1.54) is 30.3 Å². The molecular formula is C27H24F5N3O2. The van der Waals surface area contributed by atoms with Crippen LogP contribution < -0.4 is 15.0 Å². The van der Waals surface area contributed by atoms with Crippen molar-refractivity contribution in [3.63, 3.8) is 0 Å². The summed E-state index contributed by atoms with van der Waals surface area (Å²) in [5, 5.41) is 3.54. The molecule has 194 valence electrons. The molecule has 0 bridgehead atoms. The number of piperidine rings is 1. The van der Waals surface area contributed by atoms with Crippen molar-refractivity contribution < 1.29 is 31.5 Å². The van der Waals surface area contributed by atoms with Crippen molar-refractivity contribution in [2.24, 2.45) is 0 Å². The molecule has 1 spiro atoms. The fourth-order valence-corrected chi connectivity index (χ4v) is 5.06. The number of fused-ring (bicyclic) bond motifs is 1. The number of amides is 1. The molecule has 1 fully saturated rings. The number of rotatable bonds is 4. The first-order chi connectivity index (χ1) is 17.5. The van der Waals surface area contributed by atoms with Gasteiger partial charge < -0.3 is 10.1 Å². The minimum absolute atomic E-state index is 0.257. The molecule has 1 saturated heterocycles. The second kappa shape index (κ2) is 9.33. The van der Waals surface area contributed by atoms with Gasteiger partial charge in [-0.25, -0.2) is 8.78 Å². The number of anilines is 2. The van der Waals surface area contributed by atoms with Crippen molar-refractivity contribution in [2.75, 3.05) is 23.3 Å². The molecule has 0 radical (unpaired) electrons. The number of ether oxygens (including phenoxy) is 1. The first-order valence-electron chi connectivity index (χ1n) is 11.8. The number of alkyl halides is 3. The van der Waals surface area contributed by atoms with Crippen LogP contribution in [0.3, 0.4) is 0 Å². The maximum Gasteiger partial charge on any atom is 0.573 e. The quantitative estimate of drug-likeness (QED) is 0.417. The Balaban J connectivity index is 1.43. The molecule has 1 N–H and O–H groups in total. The largest absolute Gasteiger partial charge is 0.573 e. The van der Waals surface area contributed by atoms with E-state index in [0.717, 1.165) is 11.6 Å². The van der Waals surface area contributed by atoms with Crippen LogP contribution in [-0.2, 0) is 6.54 Å². The molecular weight excluding hydrogens is 493 g/mol. The van der Waals surface area contributed by atoms with Crippen molar-refractivity contribution >= 4 is 17.3 Å². The molecule has 2 aliphatic rings. The van der Waals surface area contributed by atoms with Gasteiger partial charge in [-0.15, -0.1) is 13.2 Å². The van der Waals surface area contributed by atoms with E-state index in [1.807, 2.05) is 19.1 Å². The summed E-state index contributed by atoms with van der Waals surface area (Å²) in [6.45, 7) is 3.44. The van der Waals surface area contributed by atoms with Gasteiger partial charge in [0.2, 0.25) is 0 Å². The highest BCUT2D eigenvalue weighted by atomic mass is 19.4. The lowest BCUT2D eigenvalue weighted by molar-refractivity contribution is -0.274. The summed E-state index contributed by atoms with van der Waals surface area (Å²) in [5.41, 5.74) is 2.40. The van der Waals surface area contributed by atoms with E-state index < -0.39 is 23.7 Å². The fraction of sp³-hybridized carbons (Fsp3) is 0.296. The highest BCUT2D eigenvalue weighted by Gasteiger charge is 2.47. The van der Waals surface area contributed by atoms with Gasteiger partial charge in [0.15, 0.2) is 11.6 Å². The summed E-state index contributed by atoms with van der Waals surface area (Å²) >= 11 is 0. The van der Waals surface area contributed by atoms with Gasteiger partial charge in [-0.1, -0.05) is 12.1 Å². The molecule has 0 atom stereocenters. The number of benzene rings is 3. The summed E-state index contributed by atoms with van der Waals surface area (Å²) in [4.78, 5) is 17.4. The third-order valence-corrected chi connectivity index (χ3v) is 6.81. The molecule has 5 nitrogen and oxygen atoms in total. The van der Waals surface area contributed by atoms with Gasteiger partial charge in [0.05, 0.1) is 5.56 Å². The maximum absolute atomic E-state index is 13.7. The van der Waals surface area contributed by atoms with Gasteiger partial charge in [0, 0.05) is 43.9 Å². The number of likely N-dealkylation sites (tertiary alicyclic amines) is 1. The molecule has 1 amide bonds. The Morgan fingerprint density at radius 3 is 2.30 bits per heavy atom. The lowest BCUT2D eigenvalue weighted by Gasteiger charge is -2.52. The van der Waals surface area contributed by atoms with E-state index in [0.29, 0.717) is 55.0 Å². The zero-order valence-corrected chi connectivity index (χ0v) is 19.9. The number of hydrogen-bond donors (Lipinski definition) is 1. The summed E-state index contributed by atoms with van der Waals surface area (Å²) in [6.07, 6.45) is -3.82. The van der Waals surface area contributed by atoms with Crippen LogP contribution in [-0.4, -0.2) is 35.9 Å². The van der Waals surface area contributed by atoms with E-state index in [2.05, 4.69) is 15.0 Å². The van der Waals surface area contributed by atoms with Gasteiger partial charge >= 0.3 is 6.36 Å². The van der Waals surface area contributed by atoms with Crippen LogP contribution in [0.1, 0.15) is 34.3 Å². The molecule has 37 heavy (non-hydrogen) atoms. The van der Waals surface area contributed by atoms with E-state index in [-0.39, 0.29) is 11.7 Å². The van der Waals surface area contributed by atoms with Gasteiger partial charge in [-0.2, -0.15) is 0 Å². The molecule has 3 aromatic carbocycles. The Hall–Kier alpha value is -3.66. The molecule has 2 heterocycles. The average molecular weight is 517 g/mol. The molecule has 2 aliphatic heterocycles. The number of carbonyl (C=O) groups is 1. The van der Waals surface area contributed by atoms with Crippen molar-refractivity contribution in [2.45, 2.75) is 38.3 Å². The van der Waals surface area contributed by atoms with Crippen LogP contribution >= 0.6 is 0 Å². The third kappa shape index (κ3) is 5.11. The Kier molecular flexibility index (Phi) is 6.31. The first kappa shape index (κ1) is 25.0. The second-order valence-electron chi connectivity index (χ2n) is 9.41. The van der Waals surface area contributed by atoms with Gasteiger partial charge in [-0.3, -0.25) is 14.6 Å². The number of aryl methyl sites for hydroxylation is 1. The molecule has 0 aromatic heterocycles. The van der Waals surface area contributed by atoms with Crippen LogP contribution in [0.4, 0.5) is 33.3 Å². The normalized spacial score (nSPS) is 17.5. The lowest BCUT2D eigenvalue weighted by atomic mass is 9.88. The minimum Gasteiger partial charge on any atom is -0.406 e. The molecule has 0 saturated carbocycles. The van der Waals surface area contributed by atoms with E-state index in [9.17, 15) is 26.7 Å². The van der Waals surface area contributed by atoms with Gasteiger partial charge in [-0.05, 0) is 66.6 Å². The topological polar surface area (TPSA) is 44.8 Å². The standard InChI is InChI=1S/C27H24F5N3O2/c1-17-2-8-21-24(14-17)33-26(10-12-34(13-11-26)16-18-3-9-22(28)23(29)15-18)35(25(21)36)19-4-6-20(7-5-19)37-27(30,31)32/h2-9,14-15,33H,10-13,16H2,1H3. The first-order valence-corrected chi connectivity index (χ1v) is 11.8. The molecule has 0 unspecified atom stereocenters. The van der Waals surface area contributed by atoms with Crippen LogP contribution in [0.2, 0.25) is 0 Å². The molecule has 0 aliphatic carbocycles. The maximum atomic E-state index is 13.7. The summed E-state index contributed by atoms with van der Waals surface area (Å²) in [6, 6.07) is 14.5. The van der Waals surface area contributed by atoms with Crippen molar-refractivity contribution in [3.05, 3.63) is 89.0 Å². The average Bonchev–Trinajstić information content (AvgIpc) is 2.83. The lowest BCUT2D eigenvalue weighted by Crippen LogP contribution is -2.64. The van der Waals surface area contributed by atoms with Crippen molar-refractivity contribution in [1.29, 1.82) is 0 Å². The Labute approximate surface area is 210 Å². The third-order valence-electron chi connectivity index (χ3n) is 6.81. The van der Waals surface area contributed by atoms with Gasteiger partial charge in [0.1, 0.15) is 11.4 Å².